The fourth-order valence-electron chi connectivity index (χ4n) is 2.62. The summed E-state index contributed by atoms with van der Waals surface area (Å²) in [4.78, 5) is 13.3. The van der Waals surface area contributed by atoms with Crippen molar-refractivity contribution in [1.29, 1.82) is 0 Å². The first-order valence-electron chi connectivity index (χ1n) is 7.14. The van der Waals surface area contributed by atoms with Crippen LogP contribution in [0.25, 0.3) is 0 Å². The Morgan fingerprint density at radius 1 is 1.30 bits per heavy atom. The molecule has 2 rings (SSSR count). The third-order valence-electron chi connectivity index (χ3n) is 3.65. The van der Waals surface area contributed by atoms with Crippen LogP contribution in [0.4, 0.5) is 17.1 Å². The van der Waals surface area contributed by atoms with Gasteiger partial charge < -0.3 is 15.5 Å². The Labute approximate surface area is 119 Å². The van der Waals surface area contributed by atoms with Gasteiger partial charge >= 0.3 is 5.69 Å². The topological polar surface area (TPSA) is 70.4 Å². The first-order chi connectivity index (χ1) is 9.72. The van der Waals surface area contributed by atoms with Gasteiger partial charge in [0.25, 0.3) is 0 Å². The molecule has 1 fully saturated rings. The molecule has 0 spiro atoms. The third kappa shape index (κ3) is 3.60. The van der Waals surface area contributed by atoms with Crippen molar-refractivity contribution < 1.29 is 4.92 Å². The number of anilines is 2. The number of hydrogen-bond acceptors (Lipinski definition) is 5. The highest BCUT2D eigenvalue weighted by Crippen LogP contribution is 2.32. The summed E-state index contributed by atoms with van der Waals surface area (Å²) in [6.07, 6.45) is 3.59. The number of para-hydroxylation sites is 1. The van der Waals surface area contributed by atoms with Gasteiger partial charge in [0, 0.05) is 13.6 Å². The summed E-state index contributed by atoms with van der Waals surface area (Å²) >= 11 is 0. The first-order valence-corrected chi connectivity index (χ1v) is 7.14. The normalized spacial score (nSPS) is 15.2. The zero-order chi connectivity index (χ0) is 14.4. The Morgan fingerprint density at radius 3 is 2.65 bits per heavy atom. The van der Waals surface area contributed by atoms with E-state index in [0.717, 1.165) is 19.5 Å². The number of nitro benzene ring substituents is 1. The van der Waals surface area contributed by atoms with Crippen LogP contribution < -0.4 is 10.6 Å². The van der Waals surface area contributed by atoms with E-state index in [1.54, 1.807) is 19.2 Å². The molecule has 1 aliphatic heterocycles. The molecule has 0 unspecified atom stereocenters. The van der Waals surface area contributed by atoms with Crippen LogP contribution in [0.1, 0.15) is 19.3 Å². The van der Waals surface area contributed by atoms with E-state index in [4.69, 9.17) is 0 Å². The van der Waals surface area contributed by atoms with Gasteiger partial charge in [-0.05, 0) is 51.0 Å². The molecule has 0 radical (unpaired) electrons. The van der Waals surface area contributed by atoms with Crippen LogP contribution in [0.2, 0.25) is 0 Å². The summed E-state index contributed by atoms with van der Waals surface area (Å²) in [5.41, 5.74) is 1.25. The highest BCUT2D eigenvalue weighted by molar-refractivity contribution is 5.75. The number of nitrogens with one attached hydrogen (secondary N) is 2. The highest BCUT2D eigenvalue weighted by atomic mass is 16.6. The molecule has 0 aromatic heterocycles. The number of nitrogens with zero attached hydrogens (tertiary/aromatic N) is 2. The van der Waals surface area contributed by atoms with Gasteiger partial charge in [0.05, 0.1) is 4.92 Å². The Balaban J connectivity index is 1.89. The van der Waals surface area contributed by atoms with E-state index >= 15 is 0 Å². The zero-order valence-corrected chi connectivity index (χ0v) is 11.9. The van der Waals surface area contributed by atoms with Gasteiger partial charge in [0.2, 0.25) is 0 Å². The molecule has 1 heterocycles. The van der Waals surface area contributed by atoms with Crippen LogP contribution in [-0.2, 0) is 0 Å². The van der Waals surface area contributed by atoms with Crippen LogP contribution >= 0.6 is 0 Å². The molecule has 110 valence electrons. The van der Waals surface area contributed by atoms with Crippen LogP contribution in [0, 0.1) is 10.1 Å². The number of benzene rings is 1. The fraction of sp³-hybridized carbons (Fsp3) is 0.571. The Morgan fingerprint density at radius 2 is 2.00 bits per heavy atom. The zero-order valence-electron chi connectivity index (χ0n) is 11.9. The van der Waals surface area contributed by atoms with Crippen molar-refractivity contribution in [1.82, 2.24) is 4.90 Å². The molecule has 1 saturated heterocycles. The summed E-state index contributed by atoms with van der Waals surface area (Å²) in [6, 6.07) is 5.30. The Kier molecular flexibility index (Phi) is 5.17. The number of likely N-dealkylation sites (tertiary alicyclic amines) is 1. The minimum Gasteiger partial charge on any atom is -0.382 e. The molecule has 0 aliphatic carbocycles. The van der Waals surface area contributed by atoms with Gasteiger partial charge in [-0.25, -0.2) is 0 Å². The summed E-state index contributed by atoms with van der Waals surface area (Å²) < 4.78 is 0. The van der Waals surface area contributed by atoms with Crippen molar-refractivity contribution in [2.45, 2.75) is 19.3 Å². The van der Waals surface area contributed by atoms with Crippen molar-refractivity contribution in [3.8, 4) is 0 Å². The van der Waals surface area contributed by atoms with Gasteiger partial charge in [-0.1, -0.05) is 6.07 Å². The standard InChI is InChI=1S/C14H22N4O2/c1-15-12-6-4-7-13(14(12)18(19)20)16-8-5-11-17-9-2-3-10-17/h4,6-7,15-16H,2-3,5,8-11H2,1H3. The van der Waals surface area contributed by atoms with E-state index in [1.165, 1.54) is 25.9 Å². The highest BCUT2D eigenvalue weighted by Gasteiger charge is 2.18. The molecule has 1 aromatic carbocycles. The lowest BCUT2D eigenvalue weighted by atomic mass is 10.2. The van der Waals surface area contributed by atoms with E-state index in [2.05, 4.69) is 15.5 Å². The third-order valence-corrected chi connectivity index (χ3v) is 3.65. The predicted octanol–water partition coefficient (Wildman–Crippen LogP) is 2.53. The molecule has 6 nitrogen and oxygen atoms in total. The number of hydrogen-bond donors (Lipinski definition) is 2. The average molecular weight is 278 g/mol. The van der Waals surface area contributed by atoms with Crippen LogP contribution in [-0.4, -0.2) is 43.0 Å². The molecule has 20 heavy (non-hydrogen) atoms. The lowest BCUT2D eigenvalue weighted by Crippen LogP contribution is -2.22. The van der Waals surface area contributed by atoms with Crippen LogP contribution in [0.3, 0.4) is 0 Å². The SMILES string of the molecule is CNc1cccc(NCCCN2CCCC2)c1[N+](=O)[O-]. The summed E-state index contributed by atoms with van der Waals surface area (Å²) in [6.45, 7) is 4.20. The maximum Gasteiger partial charge on any atom is 0.315 e. The van der Waals surface area contributed by atoms with E-state index in [-0.39, 0.29) is 10.6 Å². The molecule has 0 amide bonds. The van der Waals surface area contributed by atoms with E-state index in [1.807, 2.05) is 6.07 Å². The van der Waals surface area contributed by atoms with Crippen molar-refractivity contribution in [3.05, 3.63) is 28.3 Å². The van der Waals surface area contributed by atoms with Crippen molar-refractivity contribution in [3.63, 3.8) is 0 Å². The van der Waals surface area contributed by atoms with Gasteiger partial charge in [0.1, 0.15) is 11.4 Å². The molecule has 6 heteroatoms. The minimum absolute atomic E-state index is 0.121. The second kappa shape index (κ2) is 7.09. The fourth-order valence-corrected chi connectivity index (χ4v) is 2.62. The van der Waals surface area contributed by atoms with Crippen molar-refractivity contribution in [2.75, 3.05) is 43.9 Å². The predicted molar refractivity (Wildman–Crippen MR) is 81.4 cm³/mol. The monoisotopic (exact) mass is 278 g/mol. The van der Waals surface area contributed by atoms with Crippen LogP contribution in [0.15, 0.2) is 18.2 Å². The molecule has 1 aromatic rings. The molecule has 0 atom stereocenters. The lowest BCUT2D eigenvalue weighted by Gasteiger charge is -2.15. The maximum absolute atomic E-state index is 11.2. The van der Waals surface area contributed by atoms with Gasteiger partial charge in [0.15, 0.2) is 0 Å². The number of rotatable bonds is 7. The first kappa shape index (κ1) is 14.6. The summed E-state index contributed by atoms with van der Waals surface area (Å²) in [7, 11) is 1.69. The van der Waals surface area contributed by atoms with E-state index < -0.39 is 0 Å². The smallest absolute Gasteiger partial charge is 0.315 e. The quantitative estimate of drug-likeness (QED) is 0.455. The maximum atomic E-state index is 11.2. The molecular weight excluding hydrogens is 256 g/mol. The second-order valence-electron chi connectivity index (χ2n) is 5.04. The Hall–Kier alpha value is -1.82. The molecular formula is C14H22N4O2. The van der Waals surface area contributed by atoms with Crippen molar-refractivity contribution >= 4 is 17.1 Å². The average Bonchev–Trinajstić information content (AvgIpc) is 2.96. The molecule has 1 aliphatic rings. The van der Waals surface area contributed by atoms with Crippen molar-refractivity contribution in [2.24, 2.45) is 0 Å². The summed E-state index contributed by atoms with van der Waals surface area (Å²) in [5.74, 6) is 0. The molecule has 0 saturated carbocycles. The van der Waals surface area contributed by atoms with E-state index in [0.29, 0.717) is 11.4 Å². The lowest BCUT2D eigenvalue weighted by molar-refractivity contribution is -0.383. The summed E-state index contributed by atoms with van der Waals surface area (Å²) in [5, 5.41) is 17.2. The molecule has 2 N–H and O–H groups in total. The van der Waals surface area contributed by atoms with Gasteiger partial charge in [-0.3, -0.25) is 10.1 Å². The largest absolute Gasteiger partial charge is 0.382 e. The molecule has 0 bridgehead atoms. The number of nitro groups is 1. The van der Waals surface area contributed by atoms with Gasteiger partial charge in [-0.15, -0.1) is 0 Å². The van der Waals surface area contributed by atoms with Crippen LogP contribution in [0.5, 0.6) is 0 Å². The van der Waals surface area contributed by atoms with E-state index in [9.17, 15) is 10.1 Å². The second-order valence-corrected chi connectivity index (χ2v) is 5.04. The minimum atomic E-state index is -0.339. The Bertz CT molecular complexity index is 458. The van der Waals surface area contributed by atoms with Gasteiger partial charge in [-0.2, -0.15) is 0 Å².